The summed E-state index contributed by atoms with van der Waals surface area (Å²) in [6.45, 7) is 4.99. The van der Waals surface area contributed by atoms with E-state index in [1.165, 1.54) is 25.7 Å². The van der Waals surface area contributed by atoms with E-state index < -0.39 is 0 Å². The molecule has 0 bridgehead atoms. The molecule has 0 aliphatic heterocycles. The average molecular weight is 241 g/mol. The van der Waals surface area contributed by atoms with E-state index in [1.54, 1.807) is 6.08 Å². The van der Waals surface area contributed by atoms with Crippen molar-refractivity contribution in [2.24, 2.45) is 10.9 Å². The normalized spacial score (nSPS) is 7.24. The van der Waals surface area contributed by atoms with Gasteiger partial charge in [0.05, 0.1) is 6.54 Å². The maximum atomic E-state index is 9.83. The topological polar surface area (TPSA) is 111 Å². The molecule has 6 heteroatoms. The van der Waals surface area contributed by atoms with Crippen LogP contribution in [0.2, 0.25) is 0 Å². The number of hydrogen-bond acceptors (Lipinski definition) is 6. The molecule has 0 aromatic rings. The van der Waals surface area contributed by atoms with E-state index in [9.17, 15) is 4.79 Å². The van der Waals surface area contributed by atoms with E-state index in [2.05, 4.69) is 18.8 Å². The van der Waals surface area contributed by atoms with Gasteiger partial charge in [0.15, 0.2) is 0 Å². The van der Waals surface area contributed by atoms with Gasteiger partial charge >= 0.3 is 0 Å². The first-order valence-electron chi connectivity index (χ1n) is 5.29. The SMILES string of the molecule is CCCC(CCC)CN=C=O.N=C=O.N=C=O. The second-order valence-corrected chi connectivity index (χ2v) is 3.08. The van der Waals surface area contributed by atoms with Crippen molar-refractivity contribution in [3.05, 3.63) is 0 Å². The molecule has 0 fully saturated rings. The molecule has 0 aromatic carbocycles. The molecule has 0 saturated carbocycles. The van der Waals surface area contributed by atoms with E-state index in [-0.39, 0.29) is 0 Å². The Morgan fingerprint density at radius 2 is 1.35 bits per heavy atom. The maximum absolute atomic E-state index is 9.83. The summed E-state index contributed by atoms with van der Waals surface area (Å²) in [5.41, 5.74) is 0. The Bertz CT molecular complexity index is 243. The molecule has 0 heterocycles. The summed E-state index contributed by atoms with van der Waals surface area (Å²) in [6, 6.07) is 0. The first-order valence-corrected chi connectivity index (χ1v) is 5.29. The number of carbonyl (C=O) groups excluding carboxylic acids is 3. The fraction of sp³-hybridized carbons (Fsp3) is 0.727. The smallest absolute Gasteiger partial charge is 0.222 e. The van der Waals surface area contributed by atoms with Crippen molar-refractivity contribution in [2.45, 2.75) is 39.5 Å². The first kappa shape index (κ1) is 20.5. The number of aliphatic imine (C=N–C) groups is 1. The fourth-order valence-electron chi connectivity index (χ4n) is 1.31. The lowest BCUT2D eigenvalue weighted by Crippen LogP contribution is -2.03. The van der Waals surface area contributed by atoms with Crippen LogP contribution in [0.5, 0.6) is 0 Å². The van der Waals surface area contributed by atoms with E-state index >= 15 is 0 Å². The molecule has 0 unspecified atom stereocenters. The van der Waals surface area contributed by atoms with Crippen LogP contribution in [0.25, 0.3) is 0 Å². The third-order valence-electron chi connectivity index (χ3n) is 1.81. The van der Waals surface area contributed by atoms with Crippen LogP contribution < -0.4 is 0 Å². The van der Waals surface area contributed by atoms with Crippen molar-refractivity contribution < 1.29 is 14.4 Å². The van der Waals surface area contributed by atoms with E-state index in [0.29, 0.717) is 12.5 Å². The van der Waals surface area contributed by atoms with Gasteiger partial charge < -0.3 is 0 Å². The molecule has 0 atom stereocenters. The molecule has 0 saturated heterocycles. The van der Waals surface area contributed by atoms with Crippen molar-refractivity contribution >= 4 is 18.2 Å². The van der Waals surface area contributed by atoms with Gasteiger partial charge in [0.1, 0.15) is 0 Å². The van der Waals surface area contributed by atoms with Gasteiger partial charge in [0, 0.05) is 0 Å². The van der Waals surface area contributed by atoms with Crippen molar-refractivity contribution in [2.75, 3.05) is 6.54 Å². The molecule has 0 amide bonds. The highest BCUT2D eigenvalue weighted by Gasteiger charge is 2.04. The summed E-state index contributed by atoms with van der Waals surface area (Å²) in [5.74, 6) is 0.603. The number of nitrogens with zero attached hydrogens (tertiary/aromatic N) is 1. The van der Waals surface area contributed by atoms with Crippen LogP contribution in [0.3, 0.4) is 0 Å². The molecule has 0 rings (SSSR count). The highest BCUT2D eigenvalue weighted by Crippen LogP contribution is 2.12. The summed E-state index contributed by atoms with van der Waals surface area (Å²) in [6.07, 6.45) is 7.81. The highest BCUT2D eigenvalue weighted by atomic mass is 16.1. The molecule has 0 aliphatic rings. The molecule has 6 nitrogen and oxygen atoms in total. The second kappa shape index (κ2) is 23.7. The zero-order valence-electron chi connectivity index (χ0n) is 10.3. The van der Waals surface area contributed by atoms with Crippen molar-refractivity contribution in [3.8, 4) is 0 Å². The molecule has 0 radical (unpaired) electrons. The van der Waals surface area contributed by atoms with Crippen LogP contribution in [0, 0.1) is 16.7 Å². The molecule has 17 heavy (non-hydrogen) atoms. The van der Waals surface area contributed by atoms with Gasteiger partial charge in [-0.25, -0.2) is 30.2 Å². The van der Waals surface area contributed by atoms with Crippen LogP contribution in [0.15, 0.2) is 4.99 Å². The van der Waals surface area contributed by atoms with Gasteiger partial charge in [-0.3, -0.25) is 0 Å². The predicted molar refractivity (Wildman–Crippen MR) is 63.1 cm³/mol. The Labute approximate surface area is 101 Å². The van der Waals surface area contributed by atoms with Gasteiger partial charge in [0.2, 0.25) is 18.2 Å². The summed E-state index contributed by atoms with van der Waals surface area (Å²) in [4.78, 5) is 30.1. The van der Waals surface area contributed by atoms with E-state index in [1.807, 2.05) is 0 Å². The van der Waals surface area contributed by atoms with Gasteiger partial charge in [-0.15, -0.1) is 0 Å². The standard InChI is InChI=1S/C9H17NO.2CHNO/c1-3-5-9(6-4-2)7-10-8-11;2*2-1-3/h9H,3-7H2,1-2H3;2*2H. The third-order valence-corrected chi connectivity index (χ3v) is 1.81. The molecule has 96 valence electrons. The zero-order chi connectivity index (χ0) is 13.9. The summed E-state index contributed by atoms with van der Waals surface area (Å²) in [7, 11) is 0. The molecule has 0 spiro atoms. The van der Waals surface area contributed by atoms with Crippen LogP contribution in [-0.4, -0.2) is 24.8 Å². The average Bonchev–Trinajstić information content (AvgIpc) is 2.29. The molecular formula is C11H19N3O3. The summed E-state index contributed by atoms with van der Waals surface area (Å²) >= 11 is 0. The first-order chi connectivity index (χ1) is 8.17. The lowest BCUT2D eigenvalue weighted by atomic mass is 9.99. The van der Waals surface area contributed by atoms with Gasteiger partial charge in [0.25, 0.3) is 0 Å². The molecule has 2 N–H and O–H groups in total. The quantitative estimate of drug-likeness (QED) is 0.549. The minimum absolute atomic E-state index is 0.603. The monoisotopic (exact) mass is 241 g/mol. The minimum atomic E-state index is 0.603. The Morgan fingerprint density at radius 3 is 1.59 bits per heavy atom. The van der Waals surface area contributed by atoms with E-state index in [0.717, 1.165) is 12.2 Å². The van der Waals surface area contributed by atoms with Gasteiger partial charge in [-0.2, -0.15) is 0 Å². The second-order valence-electron chi connectivity index (χ2n) is 3.08. The van der Waals surface area contributed by atoms with Gasteiger partial charge in [-0.05, 0) is 18.8 Å². The molecular weight excluding hydrogens is 222 g/mol. The maximum Gasteiger partial charge on any atom is 0.234 e. The lowest BCUT2D eigenvalue weighted by molar-refractivity contribution is 0.449. The Hall–Kier alpha value is -1.86. The van der Waals surface area contributed by atoms with Crippen LogP contribution >= 0.6 is 0 Å². The van der Waals surface area contributed by atoms with Crippen LogP contribution in [0.1, 0.15) is 39.5 Å². The number of isocyanates is 3. The summed E-state index contributed by atoms with van der Waals surface area (Å²) in [5, 5.41) is 10.8. The van der Waals surface area contributed by atoms with E-state index in [4.69, 9.17) is 20.4 Å². The number of rotatable bonds is 6. The van der Waals surface area contributed by atoms with Gasteiger partial charge in [-0.1, -0.05) is 26.7 Å². The highest BCUT2D eigenvalue weighted by molar-refractivity contribution is 5.32. The lowest BCUT2D eigenvalue weighted by Gasteiger charge is -2.09. The third kappa shape index (κ3) is 31.5. The number of nitrogens with one attached hydrogen (secondary N) is 2. The zero-order valence-corrected chi connectivity index (χ0v) is 10.3. The minimum Gasteiger partial charge on any atom is -0.222 e. The van der Waals surface area contributed by atoms with Crippen LogP contribution in [0.4, 0.5) is 0 Å². The predicted octanol–water partition coefficient (Wildman–Crippen LogP) is 2.34. The molecule has 0 aliphatic carbocycles. The molecule has 0 aromatic heterocycles. The Kier molecular flexibility index (Phi) is 28.7. The number of hydrogen-bond donors (Lipinski definition) is 2. The van der Waals surface area contributed by atoms with Crippen molar-refractivity contribution in [1.82, 2.24) is 0 Å². The van der Waals surface area contributed by atoms with Crippen molar-refractivity contribution in [3.63, 3.8) is 0 Å². The Balaban J connectivity index is -0.000000273. The Morgan fingerprint density at radius 1 is 1.00 bits per heavy atom. The fourth-order valence-corrected chi connectivity index (χ4v) is 1.31. The van der Waals surface area contributed by atoms with Crippen molar-refractivity contribution in [1.29, 1.82) is 10.8 Å². The largest absolute Gasteiger partial charge is 0.234 e. The van der Waals surface area contributed by atoms with Crippen LogP contribution in [-0.2, 0) is 14.4 Å². The summed E-state index contributed by atoms with van der Waals surface area (Å²) < 4.78 is 0.